The maximum atomic E-state index is 13.5. The fourth-order valence-electron chi connectivity index (χ4n) is 3.38. The Balaban J connectivity index is 1.93. The summed E-state index contributed by atoms with van der Waals surface area (Å²) in [5, 5.41) is 23.7. The standard InChI is InChI=1S/C24H20N2O3/c1-16(17-5-3-2-4-6-17)26-24(29)23(19-9-13-21(28)14-10-19)22(15-25-26)18-7-11-20(27)12-8-18/h2-16,27-28H,1H3. The van der Waals surface area contributed by atoms with Crippen LogP contribution in [0, 0.1) is 0 Å². The van der Waals surface area contributed by atoms with Crippen molar-refractivity contribution in [2.24, 2.45) is 0 Å². The largest absolute Gasteiger partial charge is 0.508 e. The van der Waals surface area contributed by atoms with Gasteiger partial charge in [0.1, 0.15) is 11.5 Å². The van der Waals surface area contributed by atoms with Gasteiger partial charge in [-0.25, -0.2) is 4.68 Å². The van der Waals surface area contributed by atoms with Crippen molar-refractivity contribution in [1.82, 2.24) is 9.78 Å². The van der Waals surface area contributed by atoms with Crippen molar-refractivity contribution in [1.29, 1.82) is 0 Å². The van der Waals surface area contributed by atoms with E-state index in [-0.39, 0.29) is 23.1 Å². The first-order chi connectivity index (χ1) is 14.0. The molecule has 0 saturated carbocycles. The molecule has 0 amide bonds. The van der Waals surface area contributed by atoms with Crippen LogP contribution < -0.4 is 5.56 Å². The van der Waals surface area contributed by atoms with Crippen LogP contribution in [-0.2, 0) is 0 Å². The van der Waals surface area contributed by atoms with Gasteiger partial charge in [0.25, 0.3) is 5.56 Å². The average Bonchev–Trinajstić information content (AvgIpc) is 2.75. The lowest BCUT2D eigenvalue weighted by Crippen LogP contribution is -2.28. The number of phenolic OH excluding ortho intramolecular Hbond substituents is 2. The van der Waals surface area contributed by atoms with Crippen LogP contribution in [0.25, 0.3) is 22.3 Å². The molecule has 0 spiro atoms. The van der Waals surface area contributed by atoms with Crippen molar-refractivity contribution in [2.75, 3.05) is 0 Å². The van der Waals surface area contributed by atoms with E-state index >= 15 is 0 Å². The van der Waals surface area contributed by atoms with Crippen LogP contribution in [-0.4, -0.2) is 20.0 Å². The van der Waals surface area contributed by atoms with Crippen LogP contribution in [0.2, 0.25) is 0 Å². The van der Waals surface area contributed by atoms with E-state index in [9.17, 15) is 15.0 Å². The highest BCUT2D eigenvalue weighted by Crippen LogP contribution is 2.31. The van der Waals surface area contributed by atoms with Gasteiger partial charge in [0.05, 0.1) is 17.8 Å². The summed E-state index contributed by atoms with van der Waals surface area (Å²) in [5.41, 5.74) is 3.38. The van der Waals surface area contributed by atoms with Crippen LogP contribution >= 0.6 is 0 Å². The molecule has 1 unspecified atom stereocenters. The highest BCUT2D eigenvalue weighted by molar-refractivity contribution is 5.82. The Labute approximate surface area is 168 Å². The first kappa shape index (κ1) is 18.5. The molecule has 1 aromatic heterocycles. The Hall–Kier alpha value is -3.86. The summed E-state index contributed by atoms with van der Waals surface area (Å²) in [6.07, 6.45) is 1.68. The average molecular weight is 384 g/mol. The lowest BCUT2D eigenvalue weighted by atomic mass is 9.97. The van der Waals surface area contributed by atoms with Gasteiger partial charge in [-0.1, -0.05) is 54.6 Å². The molecule has 4 aromatic rings. The second-order valence-corrected chi connectivity index (χ2v) is 6.86. The van der Waals surface area contributed by atoms with E-state index in [0.29, 0.717) is 16.7 Å². The summed E-state index contributed by atoms with van der Waals surface area (Å²) in [4.78, 5) is 13.5. The lowest BCUT2D eigenvalue weighted by molar-refractivity contribution is 0.475. The van der Waals surface area contributed by atoms with Crippen molar-refractivity contribution in [3.63, 3.8) is 0 Å². The minimum absolute atomic E-state index is 0.131. The molecule has 0 radical (unpaired) electrons. The first-order valence-corrected chi connectivity index (χ1v) is 9.30. The van der Waals surface area contributed by atoms with Crippen molar-refractivity contribution in [3.8, 4) is 33.8 Å². The number of aromatic nitrogens is 2. The Morgan fingerprint density at radius 2 is 1.34 bits per heavy atom. The summed E-state index contributed by atoms with van der Waals surface area (Å²) >= 11 is 0. The molecule has 4 rings (SSSR count). The first-order valence-electron chi connectivity index (χ1n) is 9.30. The molecule has 0 fully saturated rings. The zero-order valence-electron chi connectivity index (χ0n) is 15.9. The fourth-order valence-corrected chi connectivity index (χ4v) is 3.38. The van der Waals surface area contributed by atoms with E-state index in [0.717, 1.165) is 11.1 Å². The molecule has 0 aliphatic carbocycles. The molecule has 1 atom stereocenters. The molecular weight excluding hydrogens is 364 g/mol. The smallest absolute Gasteiger partial charge is 0.275 e. The third-order valence-electron chi connectivity index (χ3n) is 4.99. The quantitative estimate of drug-likeness (QED) is 0.539. The molecule has 144 valence electrons. The molecular formula is C24H20N2O3. The molecule has 5 nitrogen and oxygen atoms in total. The lowest BCUT2D eigenvalue weighted by Gasteiger charge is -2.18. The Bertz CT molecular complexity index is 1180. The predicted molar refractivity (Wildman–Crippen MR) is 113 cm³/mol. The second kappa shape index (κ2) is 7.64. The molecule has 1 heterocycles. The number of benzene rings is 3. The van der Waals surface area contributed by atoms with E-state index in [1.807, 2.05) is 37.3 Å². The van der Waals surface area contributed by atoms with E-state index in [1.165, 1.54) is 4.68 Å². The van der Waals surface area contributed by atoms with Gasteiger partial charge in [-0.2, -0.15) is 5.10 Å². The van der Waals surface area contributed by atoms with Gasteiger partial charge < -0.3 is 10.2 Å². The zero-order chi connectivity index (χ0) is 20.4. The molecule has 0 aliphatic rings. The van der Waals surface area contributed by atoms with Gasteiger partial charge in [-0.15, -0.1) is 0 Å². The highest BCUT2D eigenvalue weighted by atomic mass is 16.3. The van der Waals surface area contributed by atoms with Crippen LogP contribution in [0.1, 0.15) is 18.5 Å². The summed E-state index contributed by atoms with van der Waals surface area (Å²) in [7, 11) is 0. The topological polar surface area (TPSA) is 75.3 Å². The Kier molecular flexibility index (Phi) is 4.87. The zero-order valence-corrected chi connectivity index (χ0v) is 15.9. The van der Waals surface area contributed by atoms with E-state index in [4.69, 9.17) is 0 Å². The number of phenols is 2. The van der Waals surface area contributed by atoms with Crippen molar-refractivity contribution >= 4 is 0 Å². The summed E-state index contributed by atoms with van der Waals surface area (Å²) < 4.78 is 1.47. The third kappa shape index (κ3) is 3.62. The predicted octanol–water partition coefficient (Wildman–Crippen LogP) is 4.60. The van der Waals surface area contributed by atoms with Crippen LogP contribution in [0.3, 0.4) is 0 Å². The van der Waals surface area contributed by atoms with Gasteiger partial charge in [0.2, 0.25) is 0 Å². The van der Waals surface area contributed by atoms with E-state index in [2.05, 4.69) is 5.10 Å². The van der Waals surface area contributed by atoms with Gasteiger partial charge in [0, 0.05) is 5.56 Å². The molecule has 29 heavy (non-hydrogen) atoms. The number of hydrogen-bond donors (Lipinski definition) is 2. The third-order valence-corrected chi connectivity index (χ3v) is 4.99. The number of aromatic hydroxyl groups is 2. The molecule has 0 saturated heterocycles. The number of nitrogens with zero attached hydrogens (tertiary/aromatic N) is 2. The van der Waals surface area contributed by atoms with Crippen LogP contribution in [0.15, 0.2) is 89.9 Å². The maximum Gasteiger partial charge on any atom is 0.275 e. The van der Waals surface area contributed by atoms with Crippen molar-refractivity contribution < 1.29 is 10.2 Å². The van der Waals surface area contributed by atoms with Gasteiger partial charge in [-0.05, 0) is 47.9 Å². The molecule has 5 heteroatoms. The SMILES string of the molecule is CC(c1ccccc1)n1ncc(-c2ccc(O)cc2)c(-c2ccc(O)cc2)c1=O. The Morgan fingerprint density at radius 3 is 1.93 bits per heavy atom. The molecule has 0 aliphatic heterocycles. The maximum absolute atomic E-state index is 13.5. The van der Waals surface area contributed by atoms with Gasteiger partial charge in [-0.3, -0.25) is 4.79 Å². The minimum Gasteiger partial charge on any atom is -0.508 e. The highest BCUT2D eigenvalue weighted by Gasteiger charge is 2.19. The van der Waals surface area contributed by atoms with E-state index < -0.39 is 0 Å². The Morgan fingerprint density at radius 1 is 0.793 bits per heavy atom. The summed E-state index contributed by atoms with van der Waals surface area (Å²) in [6.45, 7) is 1.94. The molecule has 3 aromatic carbocycles. The van der Waals surface area contributed by atoms with Crippen molar-refractivity contribution in [3.05, 3.63) is 101 Å². The summed E-state index contributed by atoms with van der Waals surface area (Å²) in [6, 6.07) is 22.7. The minimum atomic E-state index is -0.242. The number of hydrogen-bond acceptors (Lipinski definition) is 4. The molecule has 2 N–H and O–H groups in total. The van der Waals surface area contributed by atoms with Gasteiger partial charge >= 0.3 is 0 Å². The second-order valence-electron chi connectivity index (χ2n) is 6.86. The van der Waals surface area contributed by atoms with Crippen LogP contribution in [0.5, 0.6) is 11.5 Å². The van der Waals surface area contributed by atoms with Crippen molar-refractivity contribution in [2.45, 2.75) is 13.0 Å². The van der Waals surface area contributed by atoms with Gasteiger partial charge in [0.15, 0.2) is 0 Å². The molecule has 0 bridgehead atoms. The van der Waals surface area contributed by atoms with E-state index in [1.54, 1.807) is 54.7 Å². The number of rotatable bonds is 4. The van der Waals surface area contributed by atoms with Crippen LogP contribution in [0.4, 0.5) is 0 Å². The normalized spacial score (nSPS) is 11.9. The summed E-state index contributed by atoms with van der Waals surface area (Å²) in [5.74, 6) is 0.283. The fraction of sp³-hybridized carbons (Fsp3) is 0.0833. The monoisotopic (exact) mass is 384 g/mol.